The molecule has 3 rings (SSSR count). The van der Waals surface area contributed by atoms with E-state index in [4.69, 9.17) is 5.73 Å². The molecular formula is C16H20N4O. The van der Waals surface area contributed by atoms with E-state index in [1.165, 1.54) is 0 Å². The molecule has 1 amide bonds. The molecule has 0 radical (unpaired) electrons. The Balaban J connectivity index is 1.57. The second-order valence-electron chi connectivity index (χ2n) is 5.41. The number of carbonyl (C=O) groups excluding carboxylic acids is 1. The van der Waals surface area contributed by atoms with E-state index in [1.54, 1.807) is 0 Å². The van der Waals surface area contributed by atoms with Crippen molar-refractivity contribution in [2.24, 2.45) is 0 Å². The van der Waals surface area contributed by atoms with Crippen molar-refractivity contribution in [3.63, 3.8) is 0 Å². The zero-order valence-electron chi connectivity index (χ0n) is 12.0. The molecule has 0 spiro atoms. The number of likely N-dealkylation sites (tertiary alicyclic amines) is 1. The van der Waals surface area contributed by atoms with Gasteiger partial charge in [-0.15, -0.1) is 0 Å². The number of pyridine rings is 1. The van der Waals surface area contributed by atoms with Crippen molar-refractivity contribution in [2.75, 3.05) is 30.7 Å². The summed E-state index contributed by atoms with van der Waals surface area (Å²) in [5.74, 6) is 1.02. The number of amides is 1. The third-order valence-corrected chi connectivity index (χ3v) is 3.82. The Hall–Kier alpha value is -2.30. The average molecular weight is 284 g/mol. The molecular weight excluding hydrogens is 264 g/mol. The van der Waals surface area contributed by atoms with Crippen molar-refractivity contribution < 1.29 is 4.79 Å². The van der Waals surface area contributed by atoms with Crippen LogP contribution in [0, 0.1) is 0 Å². The smallest absolute Gasteiger partial charge is 0.224 e. The maximum Gasteiger partial charge on any atom is 0.224 e. The number of nitrogens with two attached hydrogens (primary N) is 1. The molecule has 2 aromatic rings. The Labute approximate surface area is 124 Å². The van der Waals surface area contributed by atoms with Crippen LogP contribution in [0.15, 0.2) is 30.3 Å². The third-order valence-electron chi connectivity index (χ3n) is 3.82. The summed E-state index contributed by atoms with van der Waals surface area (Å²) in [7, 11) is 0. The number of anilines is 2. The summed E-state index contributed by atoms with van der Waals surface area (Å²) in [6, 6.07) is 9.57. The molecule has 0 unspecified atom stereocenters. The Kier molecular flexibility index (Phi) is 3.90. The number of carbonyl (C=O) groups is 1. The van der Waals surface area contributed by atoms with Gasteiger partial charge in [-0.1, -0.05) is 0 Å². The summed E-state index contributed by atoms with van der Waals surface area (Å²) < 4.78 is 0. The minimum absolute atomic E-state index is 0.230. The first kappa shape index (κ1) is 13.7. The summed E-state index contributed by atoms with van der Waals surface area (Å²) in [4.78, 5) is 18.4. The molecule has 1 aliphatic rings. The van der Waals surface area contributed by atoms with Gasteiger partial charge in [-0.2, -0.15) is 0 Å². The van der Waals surface area contributed by atoms with Gasteiger partial charge in [-0.3, -0.25) is 4.79 Å². The van der Waals surface area contributed by atoms with Gasteiger partial charge in [0.25, 0.3) is 0 Å². The second-order valence-corrected chi connectivity index (χ2v) is 5.41. The van der Waals surface area contributed by atoms with Gasteiger partial charge in [-0.25, -0.2) is 4.98 Å². The molecule has 1 aromatic carbocycles. The van der Waals surface area contributed by atoms with Crippen LogP contribution in [0.1, 0.15) is 19.3 Å². The molecule has 1 fully saturated rings. The average Bonchev–Trinajstić information content (AvgIpc) is 3.01. The van der Waals surface area contributed by atoms with Crippen molar-refractivity contribution >= 4 is 28.3 Å². The van der Waals surface area contributed by atoms with Gasteiger partial charge >= 0.3 is 0 Å². The lowest BCUT2D eigenvalue weighted by molar-refractivity contribution is -0.129. The summed E-state index contributed by atoms with van der Waals surface area (Å²) in [5.41, 5.74) is 7.39. The minimum Gasteiger partial charge on any atom is -0.399 e. The van der Waals surface area contributed by atoms with Crippen LogP contribution in [0.25, 0.3) is 10.9 Å². The van der Waals surface area contributed by atoms with Crippen molar-refractivity contribution in [1.29, 1.82) is 0 Å². The number of nitrogens with zero attached hydrogens (tertiary/aromatic N) is 2. The fourth-order valence-electron chi connectivity index (χ4n) is 2.66. The van der Waals surface area contributed by atoms with E-state index in [-0.39, 0.29) is 5.91 Å². The molecule has 0 bridgehead atoms. The Bertz CT molecular complexity index is 650. The molecule has 110 valence electrons. The normalized spacial score (nSPS) is 14.6. The van der Waals surface area contributed by atoms with Crippen LogP contribution in [0.4, 0.5) is 11.5 Å². The highest BCUT2D eigenvalue weighted by molar-refractivity contribution is 5.83. The Morgan fingerprint density at radius 2 is 2.05 bits per heavy atom. The maximum atomic E-state index is 11.9. The maximum absolute atomic E-state index is 11.9. The molecule has 21 heavy (non-hydrogen) atoms. The van der Waals surface area contributed by atoms with E-state index in [2.05, 4.69) is 10.3 Å². The Morgan fingerprint density at radius 3 is 2.86 bits per heavy atom. The molecule has 1 aromatic heterocycles. The first-order valence-corrected chi connectivity index (χ1v) is 7.40. The number of rotatable bonds is 4. The number of hydrogen-bond acceptors (Lipinski definition) is 4. The zero-order valence-corrected chi connectivity index (χ0v) is 12.0. The van der Waals surface area contributed by atoms with E-state index in [0.717, 1.165) is 48.3 Å². The fourth-order valence-corrected chi connectivity index (χ4v) is 2.66. The monoisotopic (exact) mass is 284 g/mol. The van der Waals surface area contributed by atoms with E-state index >= 15 is 0 Å². The molecule has 0 saturated carbocycles. The van der Waals surface area contributed by atoms with Crippen molar-refractivity contribution in [1.82, 2.24) is 9.88 Å². The zero-order chi connectivity index (χ0) is 14.7. The van der Waals surface area contributed by atoms with Crippen molar-refractivity contribution in [2.45, 2.75) is 19.3 Å². The number of benzene rings is 1. The van der Waals surface area contributed by atoms with Crippen LogP contribution < -0.4 is 11.1 Å². The molecule has 1 aliphatic heterocycles. The molecule has 0 atom stereocenters. The van der Waals surface area contributed by atoms with Crippen LogP contribution in [0.5, 0.6) is 0 Å². The number of aromatic nitrogens is 1. The lowest BCUT2D eigenvalue weighted by Gasteiger charge is -2.15. The van der Waals surface area contributed by atoms with Crippen molar-refractivity contribution in [3.8, 4) is 0 Å². The standard InChI is InChI=1S/C16H20N4O/c17-13-4-5-14-12(11-13)3-6-15(19-14)18-8-7-16(21)20-9-1-2-10-20/h3-6,11H,1-2,7-10,17H2,(H,18,19). The lowest BCUT2D eigenvalue weighted by Crippen LogP contribution is -2.29. The van der Waals surface area contributed by atoms with E-state index < -0.39 is 0 Å². The number of fused-ring (bicyclic) bond motifs is 1. The van der Waals surface area contributed by atoms with Gasteiger partial charge in [0.05, 0.1) is 5.52 Å². The largest absolute Gasteiger partial charge is 0.399 e. The summed E-state index contributed by atoms with van der Waals surface area (Å²) in [6.45, 7) is 2.44. The van der Waals surface area contributed by atoms with Crippen LogP contribution in [0.2, 0.25) is 0 Å². The molecule has 1 saturated heterocycles. The van der Waals surface area contributed by atoms with E-state index in [0.29, 0.717) is 13.0 Å². The highest BCUT2D eigenvalue weighted by atomic mass is 16.2. The van der Waals surface area contributed by atoms with Gasteiger partial charge < -0.3 is 16.0 Å². The molecule has 2 heterocycles. The van der Waals surface area contributed by atoms with Crippen LogP contribution >= 0.6 is 0 Å². The molecule has 0 aliphatic carbocycles. The quantitative estimate of drug-likeness (QED) is 0.845. The molecule has 3 N–H and O–H groups in total. The Morgan fingerprint density at radius 1 is 1.24 bits per heavy atom. The molecule has 5 heteroatoms. The predicted octanol–water partition coefficient (Wildman–Crippen LogP) is 2.24. The van der Waals surface area contributed by atoms with Gasteiger partial charge in [0.1, 0.15) is 5.82 Å². The first-order chi connectivity index (χ1) is 10.2. The van der Waals surface area contributed by atoms with Gasteiger partial charge in [0.2, 0.25) is 5.91 Å². The van der Waals surface area contributed by atoms with Crippen LogP contribution in [0.3, 0.4) is 0 Å². The summed E-state index contributed by atoms with van der Waals surface area (Å²) in [5, 5.41) is 4.24. The number of hydrogen-bond donors (Lipinski definition) is 2. The predicted molar refractivity (Wildman–Crippen MR) is 85.1 cm³/mol. The fraction of sp³-hybridized carbons (Fsp3) is 0.375. The van der Waals surface area contributed by atoms with Gasteiger partial charge in [0.15, 0.2) is 0 Å². The first-order valence-electron chi connectivity index (χ1n) is 7.40. The summed E-state index contributed by atoms with van der Waals surface area (Å²) >= 11 is 0. The topological polar surface area (TPSA) is 71.2 Å². The van der Waals surface area contributed by atoms with Crippen molar-refractivity contribution in [3.05, 3.63) is 30.3 Å². The highest BCUT2D eigenvalue weighted by Gasteiger charge is 2.16. The third kappa shape index (κ3) is 3.24. The second kappa shape index (κ2) is 5.99. The van der Waals surface area contributed by atoms with Gasteiger partial charge in [-0.05, 0) is 43.2 Å². The SMILES string of the molecule is Nc1ccc2nc(NCCC(=O)N3CCCC3)ccc2c1. The number of nitrogen functional groups attached to an aromatic ring is 1. The highest BCUT2D eigenvalue weighted by Crippen LogP contribution is 2.18. The lowest BCUT2D eigenvalue weighted by atomic mass is 10.2. The minimum atomic E-state index is 0.230. The molecule has 5 nitrogen and oxygen atoms in total. The van der Waals surface area contributed by atoms with E-state index in [1.807, 2.05) is 35.2 Å². The van der Waals surface area contributed by atoms with E-state index in [9.17, 15) is 4.79 Å². The van der Waals surface area contributed by atoms with Crippen LogP contribution in [-0.2, 0) is 4.79 Å². The number of nitrogens with one attached hydrogen (secondary N) is 1. The summed E-state index contributed by atoms with van der Waals surface area (Å²) in [6.07, 6.45) is 2.78. The van der Waals surface area contributed by atoms with Crippen LogP contribution in [-0.4, -0.2) is 35.4 Å². The van der Waals surface area contributed by atoms with Gasteiger partial charge in [0, 0.05) is 37.1 Å².